The molecule has 8 heteroatoms. The first-order valence-electron chi connectivity index (χ1n) is 8.12. The first-order chi connectivity index (χ1) is 13.0. The predicted octanol–water partition coefficient (Wildman–Crippen LogP) is 3.10. The molecule has 2 heterocycles. The summed E-state index contributed by atoms with van der Waals surface area (Å²) in [5, 5.41) is 3.53. The van der Waals surface area contributed by atoms with E-state index in [0.29, 0.717) is 16.9 Å². The Balaban J connectivity index is 1.89. The number of thiophene rings is 1. The lowest BCUT2D eigenvalue weighted by Crippen LogP contribution is -2.31. The van der Waals surface area contributed by atoms with Crippen LogP contribution in [0, 0.1) is 0 Å². The minimum absolute atomic E-state index is 0.0479. The molecule has 0 saturated heterocycles. The Bertz CT molecular complexity index is 986. The van der Waals surface area contributed by atoms with Gasteiger partial charge < -0.3 is 10.1 Å². The minimum atomic E-state index is -3.66. The van der Waals surface area contributed by atoms with Crippen LogP contribution in [0.15, 0.2) is 70.5 Å². The minimum Gasteiger partial charge on any atom is -0.497 e. The van der Waals surface area contributed by atoms with E-state index in [1.807, 2.05) is 0 Å². The molecular weight excluding hydrogens is 384 g/mol. The Labute approximate surface area is 161 Å². The standard InChI is InChI=1S/C19H18N2O4S2/c1-25-16-6-4-14(5-7-16)17(27(23,24)18-3-2-12-26-18)13-21-19(22)15-8-10-20-11-9-15/h2-12,17H,13H2,1H3,(H,21,22)/t17-/m0/s1. The number of nitrogens with one attached hydrogen (secondary N) is 1. The van der Waals surface area contributed by atoms with Gasteiger partial charge in [-0.25, -0.2) is 8.42 Å². The molecule has 0 aliphatic rings. The predicted molar refractivity (Wildman–Crippen MR) is 104 cm³/mol. The van der Waals surface area contributed by atoms with Crippen molar-refractivity contribution >= 4 is 27.1 Å². The summed E-state index contributed by atoms with van der Waals surface area (Å²) in [6.45, 7) is -0.0479. The molecule has 0 radical (unpaired) electrons. The van der Waals surface area contributed by atoms with Gasteiger partial charge in [-0.05, 0) is 41.3 Å². The van der Waals surface area contributed by atoms with Crippen LogP contribution in [0.2, 0.25) is 0 Å². The second-order valence-electron chi connectivity index (χ2n) is 5.68. The lowest BCUT2D eigenvalue weighted by Gasteiger charge is -2.18. The molecule has 0 unspecified atom stereocenters. The van der Waals surface area contributed by atoms with E-state index < -0.39 is 15.1 Å². The molecule has 0 aliphatic heterocycles. The van der Waals surface area contributed by atoms with Crippen molar-refractivity contribution in [1.82, 2.24) is 10.3 Å². The zero-order chi connectivity index (χ0) is 19.3. The number of sulfone groups is 1. The van der Waals surface area contributed by atoms with Gasteiger partial charge in [0.05, 0.1) is 7.11 Å². The second kappa shape index (κ2) is 8.32. The van der Waals surface area contributed by atoms with E-state index in [-0.39, 0.29) is 16.7 Å². The lowest BCUT2D eigenvalue weighted by molar-refractivity contribution is 0.0953. The summed E-state index contributed by atoms with van der Waals surface area (Å²) in [5.74, 6) is 0.282. The third-order valence-electron chi connectivity index (χ3n) is 4.03. The molecule has 2 aromatic heterocycles. The highest BCUT2D eigenvalue weighted by atomic mass is 32.2. The Morgan fingerprint density at radius 2 is 1.85 bits per heavy atom. The van der Waals surface area contributed by atoms with E-state index in [2.05, 4.69) is 10.3 Å². The number of methoxy groups -OCH3 is 1. The van der Waals surface area contributed by atoms with E-state index in [0.717, 1.165) is 11.3 Å². The fraction of sp³-hybridized carbons (Fsp3) is 0.158. The van der Waals surface area contributed by atoms with E-state index in [4.69, 9.17) is 4.74 Å². The summed E-state index contributed by atoms with van der Waals surface area (Å²) >= 11 is 1.16. The highest BCUT2D eigenvalue weighted by Gasteiger charge is 2.30. The van der Waals surface area contributed by atoms with Crippen molar-refractivity contribution in [3.63, 3.8) is 0 Å². The number of hydrogen-bond acceptors (Lipinski definition) is 6. The molecular formula is C19H18N2O4S2. The van der Waals surface area contributed by atoms with E-state index in [1.54, 1.807) is 61.0 Å². The van der Waals surface area contributed by atoms with Crippen molar-refractivity contribution in [2.75, 3.05) is 13.7 Å². The maximum Gasteiger partial charge on any atom is 0.251 e. The molecule has 3 aromatic rings. The topological polar surface area (TPSA) is 85.4 Å². The monoisotopic (exact) mass is 402 g/mol. The average molecular weight is 402 g/mol. The normalized spacial score (nSPS) is 12.3. The number of nitrogens with zero attached hydrogens (tertiary/aromatic N) is 1. The fourth-order valence-corrected chi connectivity index (χ4v) is 5.45. The number of amides is 1. The number of hydrogen-bond donors (Lipinski definition) is 1. The number of carbonyl (C=O) groups excluding carboxylic acids is 1. The summed E-state index contributed by atoms with van der Waals surface area (Å²) in [5.41, 5.74) is 1.01. The molecule has 0 saturated carbocycles. The summed E-state index contributed by atoms with van der Waals surface area (Å²) in [4.78, 5) is 16.2. The Morgan fingerprint density at radius 3 is 2.44 bits per heavy atom. The van der Waals surface area contributed by atoms with Crippen molar-refractivity contribution in [2.45, 2.75) is 9.46 Å². The highest BCUT2D eigenvalue weighted by Crippen LogP contribution is 2.32. The van der Waals surface area contributed by atoms with Gasteiger partial charge in [-0.2, -0.15) is 0 Å². The van der Waals surface area contributed by atoms with Crippen LogP contribution >= 0.6 is 11.3 Å². The summed E-state index contributed by atoms with van der Waals surface area (Å²) < 4.78 is 31.6. The van der Waals surface area contributed by atoms with E-state index >= 15 is 0 Å². The van der Waals surface area contributed by atoms with Gasteiger partial charge in [0.2, 0.25) is 0 Å². The molecule has 1 aromatic carbocycles. The molecule has 0 spiro atoms. The van der Waals surface area contributed by atoms with Gasteiger partial charge >= 0.3 is 0 Å². The van der Waals surface area contributed by atoms with Gasteiger partial charge in [0.25, 0.3) is 5.91 Å². The largest absolute Gasteiger partial charge is 0.497 e. The van der Waals surface area contributed by atoms with Crippen LogP contribution in [0.25, 0.3) is 0 Å². The smallest absolute Gasteiger partial charge is 0.251 e. The van der Waals surface area contributed by atoms with Crippen molar-refractivity contribution in [2.24, 2.45) is 0 Å². The second-order valence-corrected chi connectivity index (χ2v) is 8.99. The van der Waals surface area contributed by atoms with Gasteiger partial charge in [0, 0.05) is 24.5 Å². The number of ether oxygens (including phenoxy) is 1. The third-order valence-corrected chi connectivity index (χ3v) is 7.56. The van der Waals surface area contributed by atoms with Gasteiger partial charge in [-0.3, -0.25) is 9.78 Å². The number of pyridine rings is 1. The molecule has 3 rings (SSSR count). The maximum absolute atomic E-state index is 13.1. The molecule has 6 nitrogen and oxygen atoms in total. The molecule has 0 fully saturated rings. The zero-order valence-electron chi connectivity index (χ0n) is 14.5. The number of benzene rings is 1. The maximum atomic E-state index is 13.1. The molecule has 1 N–H and O–H groups in total. The summed E-state index contributed by atoms with van der Waals surface area (Å²) in [6.07, 6.45) is 3.02. The first-order valence-corrected chi connectivity index (χ1v) is 10.5. The molecule has 140 valence electrons. The van der Waals surface area contributed by atoms with Crippen LogP contribution in [-0.4, -0.2) is 33.0 Å². The van der Waals surface area contributed by atoms with Crippen LogP contribution in [-0.2, 0) is 9.84 Å². The van der Waals surface area contributed by atoms with Crippen molar-refractivity contribution < 1.29 is 17.9 Å². The zero-order valence-corrected chi connectivity index (χ0v) is 16.2. The van der Waals surface area contributed by atoms with Gasteiger partial charge in [-0.1, -0.05) is 18.2 Å². The van der Waals surface area contributed by atoms with E-state index in [9.17, 15) is 13.2 Å². The number of rotatable bonds is 7. The first kappa shape index (κ1) is 19.1. The quantitative estimate of drug-likeness (QED) is 0.656. The van der Waals surface area contributed by atoms with Gasteiger partial charge in [-0.15, -0.1) is 11.3 Å². The summed E-state index contributed by atoms with van der Waals surface area (Å²) in [7, 11) is -2.11. The molecule has 1 amide bonds. The Morgan fingerprint density at radius 1 is 1.15 bits per heavy atom. The van der Waals surface area contributed by atoms with Gasteiger partial charge in [0.1, 0.15) is 15.2 Å². The van der Waals surface area contributed by atoms with E-state index in [1.165, 1.54) is 12.4 Å². The number of aromatic nitrogens is 1. The SMILES string of the molecule is COc1ccc([C@H](CNC(=O)c2ccncc2)S(=O)(=O)c2cccs2)cc1. The third kappa shape index (κ3) is 4.35. The molecule has 1 atom stereocenters. The van der Waals surface area contributed by atoms with Crippen molar-refractivity contribution in [1.29, 1.82) is 0 Å². The van der Waals surface area contributed by atoms with Crippen molar-refractivity contribution in [3.05, 3.63) is 77.4 Å². The molecule has 0 bridgehead atoms. The van der Waals surface area contributed by atoms with Crippen LogP contribution in [0.1, 0.15) is 21.2 Å². The van der Waals surface area contributed by atoms with Crippen LogP contribution in [0.4, 0.5) is 0 Å². The fourth-order valence-electron chi connectivity index (χ4n) is 2.58. The van der Waals surface area contributed by atoms with Crippen molar-refractivity contribution in [3.8, 4) is 5.75 Å². The van der Waals surface area contributed by atoms with Crippen LogP contribution in [0.5, 0.6) is 5.75 Å². The Kier molecular flexibility index (Phi) is 5.88. The van der Waals surface area contributed by atoms with Crippen LogP contribution < -0.4 is 10.1 Å². The average Bonchev–Trinajstić information content (AvgIpc) is 3.25. The Hall–Kier alpha value is -2.71. The van der Waals surface area contributed by atoms with Crippen LogP contribution in [0.3, 0.4) is 0 Å². The molecule has 27 heavy (non-hydrogen) atoms. The molecule has 0 aliphatic carbocycles. The van der Waals surface area contributed by atoms with Gasteiger partial charge in [0.15, 0.2) is 9.84 Å². The highest BCUT2D eigenvalue weighted by molar-refractivity contribution is 7.93. The number of carbonyl (C=O) groups is 1. The lowest BCUT2D eigenvalue weighted by atomic mass is 10.1. The summed E-state index contributed by atoms with van der Waals surface area (Å²) in [6, 6.07) is 13.2.